The maximum Gasteiger partial charge on any atom is 0.219 e. The topological polar surface area (TPSA) is 54.1 Å². The summed E-state index contributed by atoms with van der Waals surface area (Å²) in [6.07, 6.45) is 2.53. The molecule has 0 aliphatic heterocycles. The summed E-state index contributed by atoms with van der Waals surface area (Å²) in [7, 11) is 0. The number of amides is 1. The van der Waals surface area contributed by atoms with Gasteiger partial charge in [-0.1, -0.05) is 13.8 Å². The van der Waals surface area contributed by atoms with Gasteiger partial charge in [-0.3, -0.25) is 4.79 Å². The molecule has 1 aromatic heterocycles. The van der Waals surface area contributed by atoms with Gasteiger partial charge in [-0.15, -0.1) is 0 Å². The van der Waals surface area contributed by atoms with E-state index in [1.165, 1.54) is 5.56 Å². The van der Waals surface area contributed by atoms with E-state index in [9.17, 15) is 4.79 Å². The van der Waals surface area contributed by atoms with Crippen molar-refractivity contribution in [2.24, 2.45) is 0 Å². The summed E-state index contributed by atoms with van der Waals surface area (Å²) < 4.78 is 6.58. The van der Waals surface area contributed by atoms with Crippen molar-refractivity contribution in [1.82, 2.24) is 10.3 Å². The summed E-state index contributed by atoms with van der Waals surface area (Å²) in [5.74, 6) is 1.17. The zero-order valence-corrected chi connectivity index (χ0v) is 14.2. The Balaban J connectivity index is 2.27. The van der Waals surface area contributed by atoms with Crippen molar-refractivity contribution in [2.75, 3.05) is 13.2 Å². The fraction of sp³-hybridized carbons (Fsp3) is 0.438. The second kappa shape index (κ2) is 6.98. The number of halogens is 1. The lowest BCUT2D eigenvalue weighted by atomic mass is 10.0. The predicted molar refractivity (Wildman–Crippen MR) is 88.9 cm³/mol. The molecule has 5 heteroatoms. The Kier molecular flexibility index (Phi) is 5.28. The first-order chi connectivity index (χ1) is 10.1. The van der Waals surface area contributed by atoms with Crippen LogP contribution in [-0.2, 0) is 4.79 Å². The Bertz CT molecular complexity index is 636. The first-order valence-electron chi connectivity index (χ1n) is 7.26. The van der Waals surface area contributed by atoms with E-state index in [0.29, 0.717) is 19.6 Å². The fourth-order valence-electron chi connectivity index (χ4n) is 2.32. The highest BCUT2D eigenvalue weighted by atomic mass is 79.9. The molecule has 1 unspecified atom stereocenters. The molecule has 0 saturated carbocycles. The van der Waals surface area contributed by atoms with Gasteiger partial charge < -0.3 is 15.0 Å². The third-order valence-electron chi connectivity index (χ3n) is 3.52. The minimum absolute atomic E-state index is 0.0828. The van der Waals surface area contributed by atoms with Crippen LogP contribution < -0.4 is 10.1 Å². The molecular weight excluding hydrogens is 332 g/mol. The van der Waals surface area contributed by atoms with Crippen LogP contribution in [0.1, 0.15) is 38.7 Å². The number of aromatic nitrogens is 1. The van der Waals surface area contributed by atoms with Gasteiger partial charge in [0.25, 0.3) is 0 Å². The predicted octanol–water partition coefficient (Wildman–Crippen LogP) is 3.96. The largest absolute Gasteiger partial charge is 0.493 e. The van der Waals surface area contributed by atoms with Gasteiger partial charge in [-0.2, -0.15) is 0 Å². The Morgan fingerprint density at radius 3 is 2.86 bits per heavy atom. The van der Waals surface area contributed by atoms with E-state index >= 15 is 0 Å². The maximum absolute atomic E-state index is 11.4. The molecule has 0 saturated heterocycles. The third kappa shape index (κ3) is 3.59. The van der Waals surface area contributed by atoms with Crippen LogP contribution in [0.15, 0.2) is 22.8 Å². The quantitative estimate of drug-likeness (QED) is 0.826. The molecule has 21 heavy (non-hydrogen) atoms. The Labute approximate surface area is 133 Å². The number of carbonyl (C=O) groups excluding carboxylic acids is 1. The zero-order chi connectivity index (χ0) is 15.4. The number of carbonyl (C=O) groups is 1. The molecule has 1 heterocycles. The number of benzene rings is 1. The first kappa shape index (κ1) is 15.9. The van der Waals surface area contributed by atoms with Crippen molar-refractivity contribution in [1.29, 1.82) is 0 Å². The summed E-state index contributed by atoms with van der Waals surface area (Å²) >= 11 is 3.52. The van der Waals surface area contributed by atoms with Crippen LogP contribution >= 0.6 is 15.9 Å². The molecule has 0 bridgehead atoms. The van der Waals surface area contributed by atoms with Gasteiger partial charge in [0.2, 0.25) is 5.91 Å². The molecule has 114 valence electrons. The zero-order valence-electron chi connectivity index (χ0n) is 12.6. The number of aromatic amines is 1. The van der Waals surface area contributed by atoms with Crippen LogP contribution in [0.2, 0.25) is 0 Å². The monoisotopic (exact) mass is 352 g/mol. The molecular formula is C16H21BrN2O2. The van der Waals surface area contributed by atoms with Crippen LogP contribution in [-0.4, -0.2) is 24.0 Å². The van der Waals surface area contributed by atoms with Crippen molar-refractivity contribution >= 4 is 32.7 Å². The Hall–Kier alpha value is -1.49. The van der Waals surface area contributed by atoms with Gasteiger partial charge in [0.05, 0.1) is 11.1 Å². The number of ether oxygens (including phenoxy) is 1. The molecule has 0 fully saturated rings. The minimum atomic E-state index is 0.0828. The summed E-state index contributed by atoms with van der Waals surface area (Å²) in [5, 5.41) is 4.08. The molecule has 1 aromatic carbocycles. The molecule has 0 aliphatic carbocycles. The summed E-state index contributed by atoms with van der Waals surface area (Å²) in [5.41, 5.74) is 2.25. The van der Waals surface area contributed by atoms with E-state index in [4.69, 9.17) is 4.74 Å². The van der Waals surface area contributed by atoms with Gasteiger partial charge in [-0.05, 0) is 40.5 Å². The molecule has 0 aliphatic rings. The highest BCUT2D eigenvalue weighted by molar-refractivity contribution is 9.10. The van der Waals surface area contributed by atoms with E-state index in [2.05, 4.69) is 33.2 Å². The smallest absolute Gasteiger partial charge is 0.219 e. The third-order valence-corrected chi connectivity index (χ3v) is 4.14. The van der Waals surface area contributed by atoms with Gasteiger partial charge in [0, 0.05) is 36.0 Å². The lowest BCUT2D eigenvalue weighted by Crippen LogP contribution is -2.26. The van der Waals surface area contributed by atoms with Crippen LogP contribution in [0.3, 0.4) is 0 Å². The van der Waals surface area contributed by atoms with Crippen LogP contribution in [0.5, 0.6) is 5.75 Å². The molecule has 2 N–H and O–H groups in total. The number of fused-ring (bicyclic) bond motifs is 1. The van der Waals surface area contributed by atoms with E-state index < -0.39 is 0 Å². The van der Waals surface area contributed by atoms with E-state index in [-0.39, 0.29) is 11.8 Å². The summed E-state index contributed by atoms with van der Waals surface area (Å²) in [4.78, 5) is 14.7. The minimum Gasteiger partial charge on any atom is -0.493 e. The normalized spacial score (nSPS) is 12.4. The molecule has 2 aromatic rings. The van der Waals surface area contributed by atoms with Crippen molar-refractivity contribution in [2.45, 2.75) is 33.1 Å². The van der Waals surface area contributed by atoms with Gasteiger partial charge in [0.1, 0.15) is 5.75 Å². The van der Waals surface area contributed by atoms with E-state index in [0.717, 1.165) is 21.1 Å². The molecule has 2 rings (SSSR count). The van der Waals surface area contributed by atoms with Gasteiger partial charge in [0.15, 0.2) is 0 Å². The van der Waals surface area contributed by atoms with Crippen molar-refractivity contribution in [3.8, 4) is 5.75 Å². The Morgan fingerprint density at radius 2 is 2.19 bits per heavy atom. The molecule has 1 amide bonds. The van der Waals surface area contributed by atoms with Crippen molar-refractivity contribution in [3.63, 3.8) is 0 Å². The highest BCUT2D eigenvalue weighted by Crippen LogP contribution is 2.34. The van der Waals surface area contributed by atoms with E-state index in [1.807, 2.05) is 32.2 Å². The summed E-state index contributed by atoms with van der Waals surface area (Å²) in [6.45, 7) is 7.21. The number of hydrogen-bond acceptors (Lipinski definition) is 2. The van der Waals surface area contributed by atoms with Gasteiger partial charge >= 0.3 is 0 Å². The van der Waals surface area contributed by atoms with Crippen molar-refractivity contribution in [3.05, 3.63) is 28.4 Å². The lowest BCUT2D eigenvalue weighted by molar-refractivity contribution is -0.120. The maximum atomic E-state index is 11.4. The molecule has 0 spiro atoms. The fourth-order valence-corrected chi connectivity index (χ4v) is 2.78. The lowest BCUT2D eigenvalue weighted by Gasteiger charge is -2.12. The SMILES string of the molecule is CCOc1cc2c(C(C)CNC(=O)CC)c[nH]c2cc1Br. The summed E-state index contributed by atoms with van der Waals surface area (Å²) in [6, 6.07) is 4.08. The molecule has 0 radical (unpaired) electrons. The van der Waals surface area contributed by atoms with Crippen LogP contribution in [0, 0.1) is 0 Å². The van der Waals surface area contributed by atoms with E-state index in [1.54, 1.807) is 0 Å². The molecule has 1 atom stereocenters. The Morgan fingerprint density at radius 1 is 1.43 bits per heavy atom. The van der Waals surface area contributed by atoms with Gasteiger partial charge in [-0.25, -0.2) is 0 Å². The van der Waals surface area contributed by atoms with Crippen LogP contribution in [0.4, 0.5) is 0 Å². The molecule has 4 nitrogen and oxygen atoms in total. The van der Waals surface area contributed by atoms with Crippen molar-refractivity contribution < 1.29 is 9.53 Å². The standard InChI is InChI=1S/C16H21BrN2O2/c1-4-16(20)19-8-10(3)12-9-18-14-7-13(17)15(21-5-2)6-11(12)14/h6-7,9-10,18H,4-5,8H2,1-3H3,(H,19,20). The number of hydrogen-bond donors (Lipinski definition) is 2. The number of nitrogens with one attached hydrogen (secondary N) is 2. The number of rotatable bonds is 6. The average molecular weight is 353 g/mol. The second-order valence-corrected chi connectivity index (χ2v) is 5.92. The highest BCUT2D eigenvalue weighted by Gasteiger charge is 2.14. The number of H-pyrrole nitrogens is 1. The average Bonchev–Trinajstić information content (AvgIpc) is 2.87. The second-order valence-electron chi connectivity index (χ2n) is 5.06. The van der Waals surface area contributed by atoms with Crippen LogP contribution in [0.25, 0.3) is 10.9 Å². The first-order valence-corrected chi connectivity index (χ1v) is 8.06.